The summed E-state index contributed by atoms with van der Waals surface area (Å²) in [5.41, 5.74) is 2.25. The standard InChI is InChI=1S/C15H15BrF2N2/c1-20(2)11-5-3-10(4-6-11)9-19-15-8-13(17)12(16)7-14(15)18/h3-8,19H,9H2,1-2H3. The molecule has 20 heavy (non-hydrogen) atoms. The molecule has 0 aromatic heterocycles. The molecule has 0 fully saturated rings. The van der Waals surface area contributed by atoms with Crippen molar-refractivity contribution in [2.75, 3.05) is 24.3 Å². The molecule has 5 heteroatoms. The Morgan fingerprint density at radius 2 is 1.70 bits per heavy atom. The van der Waals surface area contributed by atoms with Crippen LogP contribution in [0.3, 0.4) is 0 Å². The maximum Gasteiger partial charge on any atom is 0.147 e. The summed E-state index contributed by atoms with van der Waals surface area (Å²) in [4.78, 5) is 2.00. The van der Waals surface area contributed by atoms with E-state index in [0.717, 1.165) is 23.4 Å². The van der Waals surface area contributed by atoms with Gasteiger partial charge in [0.05, 0.1) is 10.2 Å². The molecule has 0 aliphatic rings. The van der Waals surface area contributed by atoms with Gasteiger partial charge >= 0.3 is 0 Å². The van der Waals surface area contributed by atoms with Gasteiger partial charge in [0.25, 0.3) is 0 Å². The zero-order valence-corrected chi connectivity index (χ0v) is 12.8. The van der Waals surface area contributed by atoms with Crippen molar-refractivity contribution in [3.63, 3.8) is 0 Å². The molecule has 2 rings (SSSR count). The second-order valence-electron chi connectivity index (χ2n) is 4.66. The lowest BCUT2D eigenvalue weighted by molar-refractivity contribution is 0.596. The first-order valence-electron chi connectivity index (χ1n) is 6.12. The summed E-state index contributed by atoms with van der Waals surface area (Å²) >= 11 is 2.95. The third kappa shape index (κ3) is 3.48. The molecule has 2 aromatic carbocycles. The Kier molecular flexibility index (Phi) is 4.60. The number of rotatable bonds is 4. The van der Waals surface area contributed by atoms with Crippen LogP contribution in [0.2, 0.25) is 0 Å². The van der Waals surface area contributed by atoms with Gasteiger partial charge in [0, 0.05) is 32.4 Å². The van der Waals surface area contributed by atoms with Gasteiger partial charge in [-0.05, 0) is 39.7 Å². The van der Waals surface area contributed by atoms with Crippen molar-refractivity contribution in [3.05, 3.63) is 58.1 Å². The quantitative estimate of drug-likeness (QED) is 0.829. The Morgan fingerprint density at radius 3 is 2.30 bits per heavy atom. The van der Waals surface area contributed by atoms with Crippen LogP contribution >= 0.6 is 15.9 Å². The van der Waals surface area contributed by atoms with Crippen molar-refractivity contribution in [1.82, 2.24) is 0 Å². The number of anilines is 2. The largest absolute Gasteiger partial charge is 0.379 e. The van der Waals surface area contributed by atoms with E-state index in [1.165, 1.54) is 0 Å². The minimum Gasteiger partial charge on any atom is -0.379 e. The van der Waals surface area contributed by atoms with Gasteiger partial charge in [-0.3, -0.25) is 0 Å². The maximum atomic E-state index is 13.6. The molecule has 1 N–H and O–H groups in total. The molecule has 0 saturated heterocycles. The summed E-state index contributed by atoms with van der Waals surface area (Å²) in [6.45, 7) is 0.436. The molecule has 2 nitrogen and oxygen atoms in total. The van der Waals surface area contributed by atoms with Crippen LogP contribution in [-0.4, -0.2) is 14.1 Å². The summed E-state index contributed by atoms with van der Waals surface area (Å²) in [6.07, 6.45) is 0. The lowest BCUT2D eigenvalue weighted by Gasteiger charge is -2.13. The zero-order valence-electron chi connectivity index (χ0n) is 11.3. The lowest BCUT2D eigenvalue weighted by atomic mass is 10.2. The molecule has 0 aliphatic carbocycles. The van der Waals surface area contributed by atoms with Crippen LogP contribution in [0.1, 0.15) is 5.56 Å². The van der Waals surface area contributed by atoms with E-state index in [0.29, 0.717) is 6.54 Å². The predicted molar refractivity (Wildman–Crippen MR) is 82.2 cm³/mol. The van der Waals surface area contributed by atoms with Gasteiger partial charge in [-0.1, -0.05) is 12.1 Å². The predicted octanol–water partition coefficient (Wildman–Crippen LogP) is 4.41. The highest BCUT2D eigenvalue weighted by Crippen LogP contribution is 2.24. The van der Waals surface area contributed by atoms with E-state index < -0.39 is 11.6 Å². The second kappa shape index (κ2) is 6.22. The van der Waals surface area contributed by atoms with Gasteiger partial charge in [-0.15, -0.1) is 0 Å². The highest BCUT2D eigenvalue weighted by molar-refractivity contribution is 9.10. The van der Waals surface area contributed by atoms with Gasteiger partial charge in [0.1, 0.15) is 11.6 Å². The number of nitrogens with one attached hydrogen (secondary N) is 1. The van der Waals surface area contributed by atoms with E-state index in [9.17, 15) is 8.78 Å². The summed E-state index contributed by atoms with van der Waals surface area (Å²) < 4.78 is 27.1. The molecule has 0 spiro atoms. The van der Waals surface area contributed by atoms with E-state index >= 15 is 0 Å². The van der Waals surface area contributed by atoms with Crippen LogP contribution < -0.4 is 10.2 Å². The Balaban J connectivity index is 2.07. The molecule has 0 saturated carbocycles. The van der Waals surface area contributed by atoms with E-state index in [2.05, 4.69) is 21.2 Å². The first-order chi connectivity index (χ1) is 9.47. The molecule has 0 amide bonds. The molecular formula is C15H15BrF2N2. The molecule has 0 bridgehead atoms. The van der Waals surface area contributed by atoms with E-state index in [-0.39, 0.29) is 10.2 Å². The molecule has 2 aromatic rings. The highest BCUT2D eigenvalue weighted by Gasteiger charge is 2.07. The Bertz CT molecular complexity index is 598. The molecule has 0 radical (unpaired) electrons. The molecular weight excluding hydrogens is 326 g/mol. The normalized spacial score (nSPS) is 10.4. The van der Waals surface area contributed by atoms with Gasteiger partial charge in [0.15, 0.2) is 0 Å². The van der Waals surface area contributed by atoms with Gasteiger partial charge in [-0.25, -0.2) is 8.78 Å². The third-order valence-corrected chi connectivity index (χ3v) is 3.55. The van der Waals surface area contributed by atoms with Crippen molar-refractivity contribution >= 4 is 27.3 Å². The maximum absolute atomic E-state index is 13.6. The fourth-order valence-corrected chi connectivity index (χ4v) is 2.08. The number of hydrogen-bond acceptors (Lipinski definition) is 2. The molecule has 0 heterocycles. The van der Waals surface area contributed by atoms with Crippen molar-refractivity contribution in [1.29, 1.82) is 0 Å². The van der Waals surface area contributed by atoms with Crippen LogP contribution in [0.5, 0.6) is 0 Å². The summed E-state index contributed by atoms with van der Waals surface area (Å²) in [5.74, 6) is -0.972. The van der Waals surface area contributed by atoms with Crippen LogP contribution in [0.25, 0.3) is 0 Å². The SMILES string of the molecule is CN(C)c1ccc(CNc2cc(F)c(Br)cc2F)cc1. The molecule has 0 unspecified atom stereocenters. The van der Waals surface area contributed by atoms with Crippen molar-refractivity contribution in [2.45, 2.75) is 6.54 Å². The Labute approximate surface area is 125 Å². The Morgan fingerprint density at radius 1 is 1.05 bits per heavy atom. The van der Waals surface area contributed by atoms with Crippen molar-refractivity contribution in [2.24, 2.45) is 0 Å². The number of benzene rings is 2. The molecule has 106 valence electrons. The van der Waals surface area contributed by atoms with Crippen LogP contribution in [-0.2, 0) is 6.54 Å². The number of hydrogen-bond donors (Lipinski definition) is 1. The molecule has 0 aliphatic heterocycles. The average molecular weight is 341 g/mol. The van der Waals surface area contributed by atoms with Crippen LogP contribution in [0, 0.1) is 11.6 Å². The molecule has 0 atom stereocenters. The second-order valence-corrected chi connectivity index (χ2v) is 5.51. The average Bonchev–Trinajstić information content (AvgIpc) is 2.42. The minimum atomic E-state index is -0.489. The van der Waals surface area contributed by atoms with Crippen LogP contribution in [0.15, 0.2) is 40.9 Å². The first kappa shape index (κ1) is 14.8. The minimum absolute atomic E-state index is 0.121. The lowest BCUT2D eigenvalue weighted by Crippen LogP contribution is -2.08. The summed E-state index contributed by atoms with van der Waals surface area (Å²) in [6, 6.07) is 10.1. The van der Waals surface area contributed by atoms with E-state index in [1.807, 2.05) is 43.3 Å². The third-order valence-electron chi connectivity index (χ3n) is 2.95. The van der Waals surface area contributed by atoms with Crippen molar-refractivity contribution in [3.8, 4) is 0 Å². The fraction of sp³-hybridized carbons (Fsp3) is 0.200. The van der Waals surface area contributed by atoms with Gasteiger partial charge in [0.2, 0.25) is 0 Å². The van der Waals surface area contributed by atoms with Gasteiger partial charge < -0.3 is 10.2 Å². The fourth-order valence-electron chi connectivity index (χ4n) is 1.77. The van der Waals surface area contributed by atoms with E-state index in [1.54, 1.807) is 0 Å². The topological polar surface area (TPSA) is 15.3 Å². The number of halogens is 3. The monoisotopic (exact) mass is 340 g/mol. The van der Waals surface area contributed by atoms with E-state index in [4.69, 9.17) is 0 Å². The van der Waals surface area contributed by atoms with Crippen LogP contribution in [0.4, 0.5) is 20.2 Å². The smallest absolute Gasteiger partial charge is 0.147 e. The summed E-state index contributed by atoms with van der Waals surface area (Å²) in [5, 5.41) is 2.90. The Hall–Kier alpha value is -1.62. The highest BCUT2D eigenvalue weighted by atomic mass is 79.9. The van der Waals surface area contributed by atoms with Gasteiger partial charge in [-0.2, -0.15) is 0 Å². The zero-order chi connectivity index (χ0) is 14.7. The first-order valence-corrected chi connectivity index (χ1v) is 6.91. The number of nitrogens with zero attached hydrogens (tertiary/aromatic N) is 1. The van der Waals surface area contributed by atoms with Crippen molar-refractivity contribution < 1.29 is 8.78 Å². The summed E-state index contributed by atoms with van der Waals surface area (Å²) in [7, 11) is 3.93.